The van der Waals surface area contributed by atoms with E-state index in [0.717, 1.165) is 12.8 Å². The van der Waals surface area contributed by atoms with E-state index in [0.29, 0.717) is 31.2 Å². The molecular formula is C17H22FNO3. The minimum Gasteiger partial charge on any atom is -0.390 e. The lowest BCUT2D eigenvalue weighted by atomic mass is 9.93. The van der Waals surface area contributed by atoms with Crippen molar-refractivity contribution < 1.29 is 19.4 Å². The fourth-order valence-electron chi connectivity index (χ4n) is 3.38. The minimum absolute atomic E-state index is 0.240. The van der Waals surface area contributed by atoms with Crippen LogP contribution in [0.2, 0.25) is 0 Å². The number of halogens is 1. The summed E-state index contributed by atoms with van der Waals surface area (Å²) in [5, 5.41) is 22.9. The largest absolute Gasteiger partial charge is 0.390 e. The monoisotopic (exact) mass is 307 g/mol. The first-order valence-corrected chi connectivity index (χ1v) is 7.97. The Morgan fingerprint density at radius 3 is 2.55 bits per heavy atom. The molecule has 1 aromatic rings. The molecule has 3 N–H and O–H groups in total. The zero-order valence-electron chi connectivity index (χ0n) is 12.5. The van der Waals surface area contributed by atoms with Crippen LogP contribution in [0.5, 0.6) is 0 Å². The Hall–Kier alpha value is -1.46. The van der Waals surface area contributed by atoms with Gasteiger partial charge in [0.05, 0.1) is 23.7 Å². The molecular weight excluding hydrogens is 285 g/mol. The molecule has 22 heavy (non-hydrogen) atoms. The summed E-state index contributed by atoms with van der Waals surface area (Å²) in [5.74, 6) is -0.604. The lowest BCUT2D eigenvalue weighted by Gasteiger charge is -2.27. The fourth-order valence-corrected chi connectivity index (χ4v) is 3.38. The second-order valence-electron chi connectivity index (χ2n) is 6.48. The Balaban J connectivity index is 1.75. The van der Waals surface area contributed by atoms with Gasteiger partial charge >= 0.3 is 0 Å². The van der Waals surface area contributed by atoms with E-state index in [2.05, 4.69) is 5.32 Å². The van der Waals surface area contributed by atoms with Gasteiger partial charge in [0.25, 0.3) is 0 Å². The standard InChI is InChI=1S/C17H22FNO3/c18-12-6-2-1-5-11(12)17(9-10-17)16(22)19-13-7-3-4-8-14(20)15(13)21/h1-2,5-6,13-15,20-21H,3-4,7-10H2,(H,19,22)/t13-,14-,15-/m1/s1. The second kappa shape index (κ2) is 5.97. The smallest absolute Gasteiger partial charge is 0.231 e. The van der Waals surface area contributed by atoms with Crippen LogP contribution in [0.25, 0.3) is 0 Å². The van der Waals surface area contributed by atoms with Gasteiger partial charge in [-0.15, -0.1) is 0 Å². The van der Waals surface area contributed by atoms with Crippen molar-refractivity contribution in [1.29, 1.82) is 0 Å². The molecule has 1 aromatic carbocycles. The Bertz CT molecular complexity index is 559. The molecule has 120 valence electrons. The van der Waals surface area contributed by atoms with Crippen LogP contribution >= 0.6 is 0 Å². The van der Waals surface area contributed by atoms with Crippen LogP contribution in [-0.2, 0) is 10.2 Å². The number of amides is 1. The Morgan fingerprint density at radius 1 is 1.18 bits per heavy atom. The highest BCUT2D eigenvalue weighted by Gasteiger charge is 2.53. The van der Waals surface area contributed by atoms with Crippen LogP contribution in [0.15, 0.2) is 24.3 Å². The van der Waals surface area contributed by atoms with Gasteiger partial charge in [0, 0.05) is 5.56 Å². The summed E-state index contributed by atoms with van der Waals surface area (Å²) in [6.07, 6.45) is 2.34. The van der Waals surface area contributed by atoms with E-state index in [1.807, 2.05) is 0 Å². The lowest BCUT2D eigenvalue weighted by Crippen LogP contribution is -2.50. The Kier molecular flexibility index (Phi) is 4.19. The zero-order valence-corrected chi connectivity index (χ0v) is 12.5. The number of carbonyl (C=O) groups excluding carboxylic acids is 1. The predicted octanol–water partition coefficient (Wildman–Crippen LogP) is 1.64. The number of benzene rings is 1. The molecule has 3 atom stereocenters. The quantitative estimate of drug-likeness (QED) is 0.744. The van der Waals surface area contributed by atoms with Gasteiger partial charge in [-0.1, -0.05) is 31.0 Å². The first kappa shape index (κ1) is 15.4. The highest BCUT2D eigenvalue weighted by atomic mass is 19.1. The van der Waals surface area contributed by atoms with Crippen molar-refractivity contribution in [2.45, 2.75) is 62.2 Å². The van der Waals surface area contributed by atoms with Crippen molar-refractivity contribution in [3.63, 3.8) is 0 Å². The third-order valence-corrected chi connectivity index (χ3v) is 4.96. The molecule has 2 aliphatic rings. The normalized spacial score (nSPS) is 30.4. The van der Waals surface area contributed by atoms with E-state index in [9.17, 15) is 19.4 Å². The van der Waals surface area contributed by atoms with Gasteiger partial charge in [-0.3, -0.25) is 4.79 Å². The molecule has 0 aromatic heterocycles. The molecule has 2 aliphatic carbocycles. The van der Waals surface area contributed by atoms with E-state index in [1.165, 1.54) is 6.07 Å². The van der Waals surface area contributed by atoms with Gasteiger partial charge in [0.15, 0.2) is 0 Å². The van der Waals surface area contributed by atoms with Crippen LogP contribution in [0, 0.1) is 5.82 Å². The number of carbonyl (C=O) groups is 1. The number of hydrogen-bond acceptors (Lipinski definition) is 3. The van der Waals surface area contributed by atoms with Crippen LogP contribution in [0.1, 0.15) is 44.1 Å². The summed E-state index contributed by atoms with van der Waals surface area (Å²) in [4.78, 5) is 12.6. The van der Waals surface area contributed by atoms with Crippen molar-refractivity contribution in [3.05, 3.63) is 35.6 Å². The van der Waals surface area contributed by atoms with Gasteiger partial charge in [-0.05, 0) is 31.7 Å². The van der Waals surface area contributed by atoms with Gasteiger partial charge in [-0.25, -0.2) is 4.39 Å². The summed E-state index contributed by atoms with van der Waals surface area (Å²) >= 11 is 0. The predicted molar refractivity (Wildman–Crippen MR) is 79.7 cm³/mol. The molecule has 3 rings (SSSR count). The first-order chi connectivity index (χ1) is 10.5. The average Bonchev–Trinajstić information content (AvgIpc) is 3.31. The highest BCUT2D eigenvalue weighted by molar-refractivity contribution is 5.91. The molecule has 0 aliphatic heterocycles. The third-order valence-electron chi connectivity index (χ3n) is 4.96. The Morgan fingerprint density at radius 2 is 1.86 bits per heavy atom. The van der Waals surface area contributed by atoms with E-state index < -0.39 is 23.7 Å². The topological polar surface area (TPSA) is 69.6 Å². The van der Waals surface area contributed by atoms with Crippen LogP contribution in [0.3, 0.4) is 0 Å². The van der Waals surface area contributed by atoms with Crippen molar-refractivity contribution >= 4 is 5.91 Å². The summed E-state index contributed by atoms with van der Waals surface area (Å²) in [6.45, 7) is 0. The SMILES string of the molecule is O=C(N[C@@H]1CCCC[C@@H](O)[C@@H]1O)C1(c2ccccc2F)CC1. The maximum atomic E-state index is 14.0. The molecule has 0 spiro atoms. The zero-order chi connectivity index (χ0) is 15.7. The van der Waals surface area contributed by atoms with Crippen molar-refractivity contribution in [3.8, 4) is 0 Å². The van der Waals surface area contributed by atoms with Crippen LogP contribution < -0.4 is 5.32 Å². The molecule has 0 heterocycles. The molecule has 0 radical (unpaired) electrons. The van der Waals surface area contributed by atoms with Gasteiger partial charge in [0.2, 0.25) is 5.91 Å². The van der Waals surface area contributed by atoms with Crippen LogP contribution in [-0.4, -0.2) is 34.4 Å². The molecule has 4 nitrogen and oxygen atoms in total. The van der Waals surface area contributed by atoms with Gasteiger partial charge in [0.1, 0.15) is 5.82 Å². The molecule has 2 fully saturated rings. The summed E-state index contributed by atoms with van der Waals surface area (Å²) in [6, 6.07) is 5.90. The van der Waals surface area contributed by atoms with Crippen molar-refractivity contribution in [2.75, 3.05) is 0 Å². The van der Waals surface area contributed by atoms with Crippen molar-refractivity contribution in [2.24, 2.45) is 0 Å². The number of nitrogens with one attached hydrogen (secondary N) is 1. The van der Waals surface area contributed by atoms with E-state index in [1.54, 1.807) is 18.2 Å². The molecule has 5 heteroatoms. The number of aliphatic hydroxyl groups excluding tert-OH is 2. The lowest BCUT2D eigenvalue weighted by molar-refractivity contribution is -0.126. The molecule has 0 saturated heterocycles. The number of hydrogen-bond donors (Lipinski definition) is 3. The molecule has 2 saturated carbocycles. The molecule has 1 amide bonds. The van der Waals surface area contributed by atoms with Crippen LogP contribution in [0.4, 0.5) is 4.39 Å². The molecule has 0 unspecified atom stereocenters. The summed E-state index contributed by atoms with van der Waals surface area (Å²) in [5.41, 5.74) is -0.376. The molecule has 0 bridgehead atoms. The first-order valence-electron chi connectivity index (χ1n) is 7.97. The third kappa shape index (κ3) is 2.75. The summed E-state index contributed by atoms with van der Waals surface area (Å²) in [7, 11) is 0. The van der Waals surface area contributed by atoms with E-state index in [4.69, 9.17) is 0 Å². The van der Waals surface area contributed by atoms with E-state index in [-0.39, 0.29) is 11.7 Å². The van der Waals surface area contributed by atoms with E-state index >= 15 is 0 Å². The van der Waals surface area contributed by atoms with Crippen molar-refractivity contribution in [1.82, 2.24) is 5.32 Å². The fraction of sp³-hybridized carbons (Fsp3) is 0.588. The highest BCUT2D eigenvalue weighted by Crippen LogP contribution is 2.49. The average molecular weight is 307 g/mol. The van der Waals surface area contributed by atoms with Gasteiger partial charge < -0.3 is 15.5 Å². The van der Waals surface area contributed by atoms with Gasteiger partial charge in [-0.2, -0.15) is 0 Å². The number of rotatable bonds is 3. The minimum atomic E-state index is -0.956. The maximum Gasteiger partial charge on any atom is 0.231 e. The summed E-state index contributed by atoms with van der Waals surface area (Å²) < 4.78 is 14.0. The second-order valence-corrected chi connectivity index (χ2v) is 6.48. The number of aliphatic hydroxyl groups is 2. The Labute approximate surface area is 129 Å². The maximum absolute atomic E-state index is 14.0.